The minimum Gasteiger partial charge on any atom is -0.476 e. The van der Waals surface area contributed by atoms with E-state index in [1.807, 2.05) is 12.1 Å². The molecule has 1 rings (SSSR count). The van der Waals surface area contributed by atoms with Gasteiger partial charge in [0.25, 0.3) is 0 Å². The summed E-state index contributed by atoms with van der Waals surface area (Å²) in [4.78, 5) is 6.88. The van der Waals surface area contributed by atoms with E-state index in [0.717, 1.165) is 31.6 Å². The van der Waals surface area contributed by atoms with Gasteiger partial charge in [0, 0.05) is 19.7 Å². The van der Waals surface area contributed by atoms with Crippen molar-refractivity contribution in [2.24, 2.45) is 0 Å². The quantitative estimate of drug-likeness (QED) is 0.718. The van der Waals surface area contributed by atoms with Gasteiger partial charge in [-0.25, -0.2) is 0 Å². The summed E-state index contributed by atoms with van der Waals surface area (Å²) in [6.45, 7) is 8.57. The van der Waals surface area contributed by atoms with Gasteiger partial charge < -0.3 is 20.1 Å². The van der Waals surface area contributed by atoms with Crippen LogP contribution < -0.4 is 15.4 Å². The van der Waals surface area contributed by atoms with Crippen molar-refractivity contribution in [3.8, 4) is 5.88 Å². The minimum atomic E-state index is 0.440. The molecular formula is C16H29N3O2. The Kier molecular flexibility index (Phi) is 7.90. The van der Waals surface area contributed by atoms with Gasteiger partial charge in [0.1, 0.15) is 5.82 Å². The first-order valence-corrected chi connectivity index (χ1v) is 7.82. The molecule has 0 spiro atoms. The molecule has 5 heteroatoms. The van der Waals surface area contributed by atoms with E-state index in [-0.39, 0.29) is 0 Å². The highest BCUT2D eigenvalue weighted by molar-refractivity contribution is 5.55. The number of nitrogen functional groups attached to an aromatic ring is 1. The van der Waals surface area contributed by atoms with Crippen LogP contribution in [0.15, 0.2) is 12.1 Å². The van der Waals surface area contributed by atoms with Crippen molar-refractivity contribution in [2.75, 3.05) is 37.5 Å². The Bertz CT molecular complexity index is 409. The molecule has 0 amide bonds. The highest BCUT2D eigenvalue weighted by atomic mass is 16.5. The normalized spacial score (nSPS) is 10.9. The Morgan fingerprint density at radius 2 is 1.90 bits per heavy atom. The van der Waals surface area contributed by atoms with Crippen LogP contribution in [-0.2, 0) is 4.74 Å². The maximum absolute atomic E-state index is 5.94. The van der Waals surface area contributed by atoms with Gasteiger partial charge in [-0.15, -0.1) is 0 Å². The predicted molar refractivity (Wildman–Crippen MR) is 88.0 cm³/mol. The van der Waals surface area contributed by atoms with E-state index in [4.69, 9.17) is 15.2 Å². The Labute approximate surface area is 128 Å². The summed E-state index contributed by atoms with van der Waals surface area (Å²) in [5.41, 5.74) is 6.53. The molecular weight excluding hydrogens is 266 g/mol. The van der Waals surface area contributed by atoms with E-state index in [0.29, 0.717) is 30.8 Å². The third-order valence-electron chi connectivity index (χ3n) is 3.53. The second kappa shape index (κ2) is 9.45. The van der Waals surface area contributed by atoms with Crippen LogP contribution in [-0.4, -0.2) is 37.9 Å². The van der Waals surface area contributed by atoms with Crippen LogP contribution >= 0.6 is 0 Å². The molecule has 0 saturated carbocycles. The molecule has 0 aromatic carbocycles. The second-order valence-corrected chi connectivity index (χ2v) is 5.07. The first kappa shape index (κ1) is 17.6. The third-order valence-corrected chi connectivity index (χ3v) is 3.53. The van der Waals surface area contributed by atoms with Crippen LogP contribution in [0, 0.1) is 0 Å². The topological polar surface area (TPSA) is 60.6 Å². The highest BCUT2D eigenvalue weighted by Gasteiger charge is 2.18. The van der Waals surface area contributed by atoms with Gasteiger partial charge in [-0.05, 0) is 31.4 Å². The lowest BCUT2D eigenvalue weighted by Crippen LogP contribution is -2.37. The van der Waals surface area contributed by atoms with Crippen LogP contribution in [0.3, 0.4) is 0 Å². The first-order chi connectivity index (χ1) is 10.2. The SMILES string of the molecule is CCCOc1nc(N(CCOC)C(CC)CC)ccc1N. The maximum Gasteiger partial charge on any atom is 0.239 e. The zero-order chi connectivity index (χ0) is 15.7. The Hall–Kier alpha value is -1.49. The van der Waals surface area contributed by atoms with Gasteiger partial charge in [0.05, 0.1) is 18.9 Å². The molecule has 1 aromatic heterocycles. The zero-order valence-electron chi connectivity index (χ0n) is 13.8. The molecule has 0 radical (unpaired) electrons. The Balaban J connectivity index is 2.99. The van der Waals surface area contributed by atoms with Crippen LogP contribution in [0.25, 0.3) is 0 Å². The smallest absolute Gasteiger partial charge is 0.239 e. The standard InChI is InChI=1S/C16H29N3O2/c1-5-11-21-16-14(17)8-9-15(18-16)19(10-12-20-4)13(6-2)7-3/h8-9,13H,5-7,10-12,17H2,1-4H3. The first-order valence-electron chi connectivity index (χ1n) is 7.82. The van der Waals surface area contributed by atoms with Gasteiger partial charge in [-0.2, -0.15) is 4.98 Å². The summed E-state index contributed by atoms with van der Waals surface area (Å²) in [6, 6.07) is 4.27. The number of hydrogen-bond donors (Lipinski definition) is 1. The number of ether oxygens (including phenoxy) is 2. The fraction of sp³-hybridized carbons (Fsp3) is 0.688. The molecule has 0 aliphatic carbocycles. The summed E-state index contributed by atoms with van der Waals surface area (Å²) in [5.74, 6) is 1.43. The number of rotatable bonds is 10. The molecule has 0 aliphatic rings. The van der Waals surface area contributed by atoms with Gasteiger partial charge in [-0.1, -0.05) is 20.8 Å². The molecule has 1 heterocycles. The molecule has 0 aliphatic heterocycles. The van der Waals surface area contributed by atoms with Gasteiger partial charge >= 0.3 is 0 Å². The predicted octanol–water partition coefficient (Wildman–Crippen LogP) is 3.09. The van der Waals surface area contributed by atoms with E-state index in [1.165, 1.54) is 0 Å². The van der Waals surface area contributed by atoms with E-state index >= 15 is 0 Å². The third kappa shape index (κ3) is 5.08. The van der Waals surface area contributed by atoms with E-state index in [1.54, 1.807) is 7.11 Å². The Morgan fingerprint density at radius 3 is 2.48 bits per heavy atom. The molecule has 0 saturated heterocycles. The Morgan fingerprint density at radius 1 is 1.19 bits per heavy atom. The van der Waals surface area contributed by atoms with Crippen LogP contribution in [0.2, 0.25) is 0 Å². The highest BCUT2D eigenvalue weighted by Crippen LogP contribution is 2.25. The molecule has 1 aromatic rings. The number of methoxy groups -OCH3 is 1. The molecule has 2 N–H and O–H groups in total. The van der Waals surface area contributed by atoms with Crippen molar-refractivity contribution in [3.63, 3.8) is 0 Å². The molecule has 5 nitrogen and oxygen atoms in total. The zero-order valence-corrected chi connectivity index (χ0v) is 13.8. The average Bonchev–Trinajstić information content (AvgIpc) is 2.51. The number of anilines is 2. The average molecular weight is 295 g/mol. The summed E-state index contributed by atoms with van der Waals surface area (Å²) in [5, 5.41) is 0. The van der Waals surface area contributed by atoms with Gasteiger partial charge in [0.15, 0.2) is 0 Å². The fourth-order valence-corrected chi connectivity index (χ4v) is 2.32. The van der Waals surface area contributed by atoms with Gasteiger partial charge in [0.2, 0.25) is 5.88 Å². The second-order valence-electron chi connectivity index (χ2n) is 5.07. The largest absolute Gasteiger partial charge is 0.476 e. The van der Waals surface area contributed by atoms with Crippen molar-refractivity contribution in [1.82, 2.24) is 4.98 Å². The van der Waals surface area contributed by atoms with Crippen molar-refractivity contribution < 1.29 is 9.47 Å². The van der Waals surface area contributed by atoms with E-state index in [9.17, 15) is 0 Å². The van der Waals surface area contributed by atoms with Crippen molar-refractivity contribution >= 4 is 11.5 Å². The summed E-state index contributed by atoms with van der Waals surface area (Å²) in [6.07, 6.45) is 3.07. The summed E-state index contributed by atoms with van der Waals surface area (Å²) in [7, 11) is 1.72. The molecule has 0 atom stereocenters. The lowest BCUT2D eigenvalue weighted by atomic mass is 10.1. The van der Waals surface area contributed by atoms with Crippen molar-refractivity contribution in [2.45, 2.75) is 46.1 Å². The number of nitrogens with two attached hydrogens (primary N) is 1. The van der Waals surface area contributed by atoms with Crippen molar-refractivity contribution in [1.29, 1.82) is 0 Å². The number of pyridine rings is 1. The van der Waals surface area contributed by atoms with Gasteiger partial charge in [-0.3, -0.25) is 0 Å². The van der Waals surface area contributed by atoms with Crippen molar-refractivity contribution in [3.05, 3.63) is 12.1 Å². The number of hydrogen-bond acceptors (Lipinski definition) is 5. The number of aromatic nitrogens is 1. The lowest BCUT2D eigenvalue weighted by Gasteiger charge is -2.31. The fourth-order valence-electron chi connectivity index (χ4n) is 2.32. The molecule has 120 valence electrons. The molecule has 21 heavy (non-hydrogen) atoms. The lowest BCUT2D eigenvalue weighted by molar-refractivity contribution is 0.202. The molecule has 0 bridgehead atoms. The van der Waals surface area contributed by atoms with E-state index in [2.05, 4.69) is 30.7 Å². The van der Waals surface area contributed by atoms with Crippen LogP contribution in [0.4, 0.5) is 11.5 Å². The van der Waals surface area contributed by atoms with Crippen LogP contribution in [0.1, 0.15) is 40.0 Å². The minimum absolute atomic E-state index is 0.440. The van der Waals surface area contributed by atoms with Crippen LogP contribution in [0.5, 0.6) is 5.88 Å². The molecule has 0 fully saturated rings. The summed E-state index contributed by atoms with van der Waals surface area (Å²) < 4.78 is 10.9. The monoisotopic (exact) mass is 295 g/mol. The maximum atomic E-state index is 5.94. The summed E-state index contributed by atoms with van der Waals surface area (Å²) >= 11 is 0. The molecule has 0 unspecified atom stereocenters. The van der Waals surface area contributed by atoms with E-state index < -0.39 is 0 Å². The number of nitrogens with zero attached hydrogens (tertiary/aromatic N) is 2.